The minimum Gasteiger partial charge on any atom is -0.340 e. The van der Waals surface area contributed by atoms with Gasteiger partial charge in [0.1, 0.15) is 23.3 Å². The van der Waals surface area contributed by atoms with Crippen LogP contribution >= 0.6 is 11.6 Å². The Morgan fingerprint density at radius 2 is 1.36 bits per heavy atom. The molecule has 0 bridgehead atoms. The topological polar surface area (TPSA) is 78.9 Å². The average molecular weight is 462 g/mol. The van der Waals surface area contributed by atoms with Gasteiger partial charge in [-0.1, -0.05) is 35.4 Å². The third kappa shape index (κ3) is 5.64. The smallest absolute Gasteiger partial charge is 0.260 e. The standard InChI is InChI=1S/C25H21ClFN5O/c1-15-6-8-17(9-7-15)30-22-14-23(29-16(2)28-22)31-18-10-12-19(13-11-18)32-25(33)24-20(26)4-3-5-21(24)27/h3-14H,1-2H3,(H,32,33)(H2,28,29,30,31). The molecule has 0 radical (unpaired) electrons. The van der Waals surface area contributed by atoms with Gasteiger partial charge in [-0.3, -0.25) is 4.79 Å². The van der Waals surface area contributed by atoms with Gasteiger partial charge >= 0.3 is 0 Å². The summed E-state index contributed by atoms with van der Waals surface area (Å²) in [6.07, 6.45) is 0. The molecule has 0 atom stereocenters. The number of nitrogens with zero attached hydrogens (tertiary/aromatic N) is 2. The number of rotatable bonds is 6. The molecule has 0 unspecified atom stereocenters. The summed E-state index contributed by atoms with van der Waals surface area (Å²) in [6, 6.07) is 20.9. The van der Waals surface area contributed by atoms with Crippen molar-refractivity contribution in [3.63, 3.8) is 0 Å². The first-order chi connectivity index (χ1) is 15.9. The van der Waals surface area contributed by atoms with E-state index in [0.717, 1.165) is 11.4 Å². The molecular weight excluding hydrogens is 441 g/mol. The van der Waals surface area contributed by atoms with Crippen molar-refractivity contribution in [1.82, 2.24) is 9.97 Å². The fourth-order valence-electron chi connectivity index (χ4n) is 3.17. The highest BCUT2D eigenvalue weighted by atomic mass is 35.5. The van der Waals surface area contributed by atoms with Crippen LogP contribution in [0.5, 0.6) is 0 Å². The van der Waals surface area contributed by atoms with Crippen molar-refractivity contribution >= 4 is 46.2 Å². The lowest BCUT2D eigenvalue weighted by Crippen LogP contribution is -2.14. The third-order valence-electron chi connectivity index (χ3n) is 4.77. The normalized spacial score (nSPS) is 10.5. The van der Waals surface area contributed by atoms with Gasteiger partial charge in [0.25, 0.3) is 5.91 Å². The molecule has 0 fully saturated rings. The van der Waals surface area contributed by atoms with Crippen LogP contribution in [0.3, 0.4) is 0 Å². The predicted molar refractivity (Wildman–Crippen MR) is 130 cm³/mol. The largest absolute Gasteiger partial charge is 0.340 e. The predicted octanol–water partition coefficient (Wildman–Crippen LogP) is 6.63. The van der Waals surface area contributed by atoms with Gasteiger partial charge in [-0.05, 0) is 62.4 Å². The van der Waals surface area contributed by atoms with Crippen LogP contribution in [0.15, 0.2) is 72.8 Å². The van der Waals surface area contributed by atoms with Crippen molar-refractivity contribution in [1.29, 1.82) is 0 Å². The number of hydrogen-bond donors (Lipinski definition) is 3. The number of anilines is 5. The third-order valence-corrected chi connectivity index (χ3v) is 5.08. The molecule has 0 saturated heterocycles. The van der Waals surface area contributed by atoms with Crippen molar-refractivity contribution < 1.29 is 9.18 Å². The summed E-state index contributed by atoms with van der Waals surface area (Å²) in [6.45, 7) is 3.85. The van der Waals surface area contributed by atoms with Gasteiger partial charge in [0.05, 0.1) is 10.6 Å². The van der Waals surface area contributed by atoms with Crippen molar-refractivity contribution in [2.45, 2.75) is 13.8 Å². The van der Waals surface area contributed by atoms with Crippen LogP contribution in [0.4, 0.5) is 33.1 Å². The summed E-state index contributed by atoms with van der Waals surface area (Å²) in [5, 5.41) is 9.21. The lowest BCUT2D eigenvalue weighted by atomic mass is 10.2. The summed E-state index contributed by atoms with van der Waals surface area (Å²) in [5.41, 5.74) is 3.19. The molecular formula is C25H21ClFN5O. The molecule has 166 valence electrons. The number of amides is 1. The monoisotopic (exact) mass is 461 g/mol. The van der Waals surface area contributed by atoms with Crippen molar-refractivity contribution in [2.75, 3.05) is 16.0 Å². The Morgan fingerprint density at radius 3 is 1.94 bits per heavy atom. The van der Waals surface area contributed by atoms with E-state index in [2.05, 4.69) is 25.9 Å². The summed E-state index contributed by atoms with van der Waals surface area (Å²) >= 11 is 5.96. The highest BCUT2D eigenvalue weighted by Gasteiger charge is 2.15. The van der Waals surface area contributed by atoms with E-state index in [0.29, 0.717) is 23.1 Å². The van der Waals surface area contributed by atoms with E-state index in [9.17, 15) is 9.18 Å². The van der Waals surface area contributed by atoms with E-state index in [1.54, 1.807) is 24.3 Å². The van der Waals surface area contributed by atoms with Crippen LogP contribution in [0.1, 0.15) is 21.7 Å². The van der Waals surface area contributed by atoms with Gasteiger partial charge in [0, 0.05) is 23.1 Å². The average Bonchev–Trinajstić information content (AvgIpc) is 2.76. The maximum atomic E-state index is 14.0. The molecule has 33 heavy (non-hydrogen) atoms. The number of benzene rings is 3. The first kappa shape index (κ1) is 22.2. The molecule has 0 spiro atoms. The molecule has 6 nitrogen and oxygen atoms in total. The van der Waals surface area contributed by atoms with Gasteiger partial charge in [0.2, 0.25) is 0 Å². The Hall–Kier alpha value is -3.97. The van der Waals surface area contributed by atoms with Crippen molar-refractivity contribution in [3.8, 4) is 0 Å². The van der Waals surface area contributed by atoms with Crippen LogP contribution in [0.2, 0.25) is 5.02 Å². The minimum atomic E-state index is -0.674. The SMILES string of the molecule is Cc1ccc(Nc2cc(Nc3ccc(NC(=O)c4c(F)cccc4Cl)cc3)nc(C)n2)cc1. The Balaban J connectivity index is 1.45. The fraction of sp³-hybridized carbons (Fsp3) is 0.0800. The first-order valence-electron chi connectivity index (χ1n) is 10.2. The highest BCUT2D eigenvalue weighted by molar-refractivity contribution is 6.34. The van der Waals surface area contributed by atoms with E-state index >= 15 is 0 Å². The molecule has 4 rings (SSSR count). The number of hydrogen-bond acceptors (Lipinski definition) is 5. The summed E-state index contributed by atoms with van der Waals surface area (Å²) in [5.74, 6) is 0.608. The summed E-state index contributed by atoms with van der Waals surface area (Å²) < 4.78 is 14.0. The Bertz CT molecular complexity index is 1270. The molecule has 0 aliphatic rings. The van der Waals surface area contributed by atoms with E-state index in [-0.39, 0.29) is 10.6 Å². The van der Waals surface area contributed by atoms with E-state index in [1.807, 2.05) is 44.2 Å². The first-order valence-corrected chi connectivity index (χ1v) is 10.6. The van der Waals surface area contributed by atoms with Crippen LogP contribution in [-0.2, 0) is 0 Å². The lowest BCUT2D eigenvalue weighted by molar-refractivity contribution is 0.102. The lowest BCUT2D eigenvalue weighted by Gasteiger charge is -2.12. The molecule has 3 aromatic carbocycles. The Morgan fingerprint density at radius 1 is 0.818 bits per heavy atom. The Labute approximate surface area is 195 Å². The number of aromatic nitrogens is 2. The number of nitrogens with one attached hydrogen (secondary N) is 3. The molecule has 0 saturated carbocycles. The molecule has 3 N–H and O–H groups in total. The van der Waals surface area contributed by atoms with Crippen molar-refractivity contribution in [3.05, 3.63) is 101 Å². The molecule has 0 aliphatic carbocycles. The minimum absolute atomic E-state index is 0.0555. The number of carbonyl (C=O) groups excluding carboxylic acids is 1. The Kier molecular flexibility index (Phi) is 6.51. The van der Waals surface area contributed by atoms with Gasteiger partial charge in [0.15, 0.2) is 0 Å². The van der Waals surface area contributed by atoms with E-state index in [4.69, 9.17) is 11.6 Å². The zero-order valence-corrected chi connectivity index (χ0v) is 18.7. The van der Waals surface area contributed by atoms with Crippen LogP contribution in [0, 0.1) is 19.7 Å². The second-order valence-electron chi connectivity index (χ2n) is 7.43. The van der Waals surface area contributed by atoms with E-state index < -0.39 is 11.7 Å². The maximum absolute atomic E-state index is 14.0. The molecule has 8 heteroatoms. The quantitative estimate of drug-likeness (QED) is 0.300. The summed E-state index contributed by atoms with van der Waals surface area (Å²) in [4.78, 5) is 21.3. The molecule has 1 aromatic heterocycles. The second-order valence-corrected chi connectivity index (χ2v) is 7.84. The van der Waals surface area contributed by atoms with Crippen LogP contribution < -0.4 is 16.0 Å². The van der Waals surface area contributed by atoms with Gasteiger partial charge in [-0.2, -0.15) is 0 Å². The summed E-state index contributed by atoms with van der Waals surface area (Å²) in [7, 11) is 0. The number of carbonyl (C=O) groups is 1. The molecule has 1 heterocycles. The van der Waals surface area contributed by atoms with E-state index in [1.165, 1.54) is 23.8 Å². The zero-order chi connectivity index (χ0) is 23.4. The number of halogens is 2. The maximum Gasteiger partial charge on any atom is 0.260 e. The molecule has 1 amide bonds. The van der Waals surface area contributed by atoms with Gasteiger partial charge in [-0.15, -0.1) is 0 Å². The van der Waals surface area contributed by atoms with Crippen LogP contribution in [0.25, 0.3) is 0 Å². The van der Waals surface area contributed by atoms with Gasteiger partial charge in [-0.25, -0.2) is 14.4 Å². The fourth-order valence-corrected chi connectivity index (χ4v) is 3.42. The highest BCUT2D eigenvalue weighted by Crippen LogP contribution is 2.24. The molecule has 4 aromatic rings. The van der Waals surface area contributed by atoms with Crippen LogP contribution in [-0.4, -0.2) is 15.9 Å². The molecule has 0 aliphatic heterocycles. The zero-order valence-electron chi connectivity index (χ0n) is 18.0. The van der Waals surface area contributed by atoms with Gasteiger partial charge < -0.3 is 16.0 Å². The van der Waals surface area contributed by atoms with Crippen molar-refractivity contribution in [2.24, 2.45) is 0 Å². The second kappa shape index (κ2) is 9.67. The number of aryl methyl sites for hydroxylation is 2.